The number of nitrogens with one attached hydrogen (secondary N) is 2. The fourth-order valence-corrected chi connectivity index (χ4v) is 2.75. The van der Waals surface area contributed by atoms with Crippen LogP contribution in [0.1, 0.15) is 41.8 Å². The zero-order chi connectivity index (χ0) is 19.3. The first kappa shape index (κ1) is 19.5. The lowest BCUT2D eigenvalue weighted by Crippen LogP contribution is -2.51. The molecule has 1 atom stereocenters. The molecule has 2 amide bonds. The maximum Gasteiger partial charge on any atom is 0.338 e. The van der Waals surface area contributed by atoms with Crippen LogP contribution in [-0.4, -0.2) is 37.2 Å². The van der Waals surface area contributed by atoms with Gasteiger partial charge in [-0.25, -0.2) is 14.4 Å². The first-order chi connectivity index (χ1) is 12.4. The summed E-state index contributed by atoms with van der Waals surface area (Å²) in [6.07, 6.45) is 0.510. The number of esters is 2. The fourth-order valence-electron chi connectivity index (χ4n) is 2.75. The van der Waals surface area contributed by atoms with Crippen LogP contribution in [0.25, 0.3) is 0 Å². The molecule has 0 fully saturated rings. The summed E-state index contributed by atoms with van der Waals surface area (Å²) in [6, 6.07) is 4.56. The van der Waals surface area contributed by atoms with Gasteiger partial charge >= 0.3 is 18.0 Å². The van der Waals surface area contributed by atoms with E-state index in [0.717, 1.165) is 11.1 Å². The van der Waals surface area contributed by atoms with Gasteiger partial charge in [0.05, 0.1) is 29.5 Å². The molecule has 1 aliphatic rings. The lowest BCUT2D eigenvalue weighted by atomic mass is 10.0. The van der Waals surface area contributed by atoms with Gasteiger partial charge in [-0.2, -0.15) is 0 Å². The molecule has 0 aromatic heterocycles. The Balaban J connectivity index is 2.24. The number of hydrogen-bond donors (Lipinski definition) is 2. The van der Waals surface area contributed by atoms with Crippen molar-refractivity contribution in [1.29, 1.82) is 0 Å². The standard InChI is InChI=1S/C19H24N2O5/c1-5-14-16(18(23)25-6-2)15(21-19(24)20-14)10-26-17(22)13-9-11(3)7-8-12(13)4/h7-9,14H,5-6,10H2,1-4H3,(H2,20,21,24)/t14-/m1/s1. The number of aryl methyl sites for hydroxylation is 2. The third-order valence-electron chi connectivity index (χ3n) is 4.11. The summed E-state index contributed by atoms with van der Waals surface area (Å²) in [6.45, 7) is 7.24. The number of hydrogen-bond acceptors (Lipinski definition) is 5. The third-order valence-corrected chi connectivity index (χ3v) is 4.11. The molecule has 2 rings (SSSR count). The van der Waals surface area contributed by atoms with Crippen LogP contribution in [0.2, 0.25) is 0 Å². The van der Waals surface area contributed by atoms with Gasteiger partial charge in [0.2, 0.25) is 0 Å². The molecular formula is C19H24N2O5. The molecule has 140 valence electrons. The van der Waals surface area contributed by atoms with Crippen molar-refractivity contribution in [2.75, 3.05) is 13.2 Å². The van der Waals surface area contributed by atoms with E-state index >= 15 is 0 Å². The van der Waals surface area contributed by atoms with Crippen molar-refractivity contribution in [2.24, 2.45) is 0 Å². The first-order valence-electron chi connectivity index (χ1n) is 8.59. The van der Waals surface area contributed by atoms with Crippen molar-refractivity contribution >= 4 is 18.0 Å². The number of carbonyl (C=O) groups is 3. The Morgan fingerprint density at radius 3 is 2.50 bits per heavy atom. The molecule has 0 aliphatic carbocycles. The monoisotopic (exact) mass is 360 g/mol. The van der Waals surface area contributed by atoms with E-state index in [1.54, 1.807) is 13.0 Å². The van der Waals surface area contributed by atoms with Crippen LogP contribution < -0.4 is 10.6 Å². The van der Waals surface area contributed by atoms with Crippen LogP contribution in [0.3, 0.4) is 0 Å². The van der Waals surface area contributed by atoms with Gasteiger partial charge in [0.15, 0.2) is 0 Å². The van der Waals surface area contributed by atoms with E-state index in [4.69, 9.17) is 9.47 Å². The van der Waals surface area contributed by atoms with Crippen molar-refractivity contribution in [3.63, 3.8) is 0 Å². The Labute approximate surface area is 152 Å². The van der Waals surface area contributed by atoms with E-state index in [1.165, 1.54) is 0 Å². The highest BCUT2D eigenvalue weighted by Gasteiger charge is 2.32. The summed E-state index contributed by atoms with van der Waals surface area (Å²) in [5.74, 6) is -1.05. The molecule has 0 unspecified atom stereocenters. The number of ether oxygens (including phenoxy) is 2. The molecule has 7 nitrogen and oxygen atoms in total. The minimum atomic E-state index is -0.537. The van der Waals surface area contributed by atoms with Gasteiger partial charge in [-0.1, -0.05) is 24.6 Å². The molecule has 0 saturated carbocycles. The lowest BCUT2D eigenvalue weighted by Gasteiger charge is -2.28. The minimum absolute atomic E-state index is 0.211. The van der Waals surface area contributed by atoms with Crippen LogP contribution >= 0.6 is 0 Å². The van der Waals surface area contributed by atoms with E-state index in [0.29, 0.717) is 12.0 Å². The van der Waals surface area contributed by atoms with Gasteiger partial charge < -0.3 is 20.1 Å². The summed E-state index contributed by atoms with van der Waals surface area (Å²) in [5, 5.41) is 5.23. The van der Waals surface area contributed by atoms with E-state index < -0.39 is 24.0 Å². The summed E-state index contributed by atoms with van der Waals surface area (Å²) in [4.78, 5) is 36.5. The maximum atomic E-state index is 12.4. The van der Waals surface area contributed by atoms with E-state index in [2.05, 4.69) is 10.6 Å². The maximum absolute atomic E-state index is 12.4. The molecule has 0 bridgehead atoms. The predicted molar refractivity (Wildman–Crippen MR) is 95.6 cm³/mol. The Hall–Kier alpha value is -2.83. The van der Waals surface area contributed by atoms with Crippen molar-refractivity contribution in [1.82, 2.24) is 10.6 Å². The molecular weight excluding hydrogens is 336 g/mol. The second-order valence-corrected chi connectivity index (χ2v) is 6.07. The molecule has 0 spiro atoms. The molecule has 7 heteroatoms. The average Bonchev–Trinajstić information content (AvgIpc) is 2.61. The molecule has 1 heterocycles. The van der Waals surface area contributed by atoms with Gasteiger partial charge in [-0.05, 0) is 38.8 Å². The largest absolute Gasteiger partial charge is 0.463 e. The molecule has 0 radical (unpaired) electrons. The van der Waals surface area contributed by atoms with Gasteiger partial charge in [0.25, 0.3) is 0 Å². The summed E-state index contributed by atoms with van der Waals surface area (Å²) < 4.78 is 10.4. The van der Waals surface area contributed by atoms with Crippen LogP contribution in [-0.2, 0) is 14.3 Å². The SMILES string of the molecule is CCOC(=O)C1=C(COC(=O)c2cc(C)ccc2C)NC(=O)N[C@@H]1CC. The third kappa shape index (κ3) is 4.41. The summed E-state index contributed by atoms with van der Waals surface area (Å²) >= 11 is 0. The van der Waals surface area contributed by atoms with Gasteiger partial charge in [-0.3, -0.25) is 0 Å². The van der Waals surface area contributed by atoms with Gasteiger partial charge in [-0.15, -0.1) is 0 Å². The van der Waals surface area contributed by atoms with Crippen LogP contribution in [0.5, 0.6) is 0 Å². The summed E-state index contributed by atoms with van der Waals surface area (Å²) in [7, 11) is 0. The van der Waals surface area contributed by atoms with E-state index in [-0.39, 0.29) is 24.5 Å². The highest BCUT2D eigenvalue weighted by molar-refractivity contribution is 5.95. The van der Waals surface area contributed by atoms with E-state index in [1.807, 2.05) is 32.9 Å². The normalized spacial score (nSPS) is 16.6. The van der Waals surface area contributed by atoms with Crippen LogP contribution in [0, 0.1) is 13.8 Å². The predicted octanol–water partition coefficient (Wildman–Crippen LogP) is 2.37. The van der Waals surface area contributed by atoms with Crippen molar-refractivity contribution in [2.45, 2.75) is 40.2 Å². The molecule has 1 aromatic carbocycles. The number of benzene rings is 1. The topological polar surface area (TPSA) is 93.7 Å². The molecule has 2 N–H and O–H groups in total. The Bertz CT molecular complexity index is 754. The van der Waals surface area contributed by atoms with Crippen molar-refractivity contribution in [3.05, 3.63) is 46.2 Å². The highest BCUT2D eigenvalue weighted by atomic mass is 16.5. The molecule has 0 saturated heterocycles. The molecule has 1 aliphatic heterocycles. The van der Waals surface area contributed by atoms with Crippen LogP contribution in [0.15, 0.2) is 29.5 Å². The highest BCUT2D eigenvalue weighted by Crippen LogP contribution is 2.18. The zero-order valence-corrected chi connectivity index (χ0v) is 15.5. The quantitative estimate of drug-likeness (QED) is 0.760. The fraction of sp³-hybridized carbons (Fsp3) is 0.421. The Morgan fingerprint density at radius 2 is 1.85 bits per heavy atom. The van der Waals surface area contributed by atoms with Crippen molar-refractivity contribution < 1.29 is 23.9 Å². The Morgan fingerprint density at radius 1 is 1.12 bits per heavy atom. The molecule has 26 heavy (non-hydrogen) atoms. The van der Waals surface area contributed by atoms with Crippen LogP contribution in [0.4, 0.5) is 4.79 Å². The number of rotatable bonds is 6. The Kier molecular flexibility index (Phi) is 6.38. The smallest absolute Gasteiger partial charge is 0.338 e. The van der Waals surface area contributed by atoms with Crippen molar-refractivity contribution in [3.8, 4) is 0 Å². The average molecular weight is 360 g/mol. The number of urea groups is 1. The lowest BCUT2D eigenvalue weighted by molar-refractivity contribution is -0.139. The van der Waals surface area contributed by atoms with E-state index in [9.17, 15) is 14.4 Å². The number of amides is 2. The first-order valence-corrected chi connectivity index (χ1v) is 8.59. The number of carbonyl (C=O) groups excluding carboxylic acids is 3. The second-order valence-electron chi connectivity index (χ2n) is 6.07. The van der Waals surface area contributed by atoms with Gasteiger partial charge in [0.1, 0.15) is 6.61 Å². The molecule has 1 aromatic rings. The zero-order valence-electron chi connectivity index (χ0n) is 15.5. The minimum Gasteiger partial charge on any atom is -0.463 e. The second kappa shape index (κ2) is 8.51. The summed E-state index contributed by atoms with van der Waals surface area (Å²) in [5.41, 5.74) is 2.71. The van der Waals surface area contributed by atoms with Gasteiger partial charge in [0, 0.05) is 0 Å².